The first kappa shape index (κ1) is 21.3. The molecule has 7 nitrogen and oxygen atoms in total. The Labute approximate surface area is 179 Å². The van der Waals surface area contributed by atoms with E-state index < -0.39 is 6.04 Å². The van der Waals surface area contributed by atoms with Crippen LogP contribution in [0.1, 0.15) is 27.5 Å². The molecule has 154 valence electrons. The minimum absolute atomic E-state index is 0.225. The number of benzene rings is 2. The Morgan fingerprint density at radius 1 is 1.03 bits per heavy atom. The molecule has 0 spiro atoms. The molecule has 1 aromatic heterocycles. The third-order valence-electron chi connectivity index (χ3n) is 4.46. The first-order chi connectivity index (χ1) is 14.4. The molecule has 2 aromatic carbocycles. The fourth-order valence-electron chi connectivity index (χ4n) is 2.77. The van der Waals surface area contributed by atoms with Crippen molar-refractivity contribution in [3.05, 3.63) is 88.7 Å². The molecule has 0 fully saturated rings. The van der Waals surface area contributed by atoms with Crippen LogP contribution >= 0.6 is 11.6 Å². The Kier molecular flexibility index (Phi) is 7.00. The van der Waals surface area contributed by atoms with Gasteiger partial charge < -0.3 is 21.7 Å². The van der Waals surface area contributed by atoms with Gasteiger partial charge in [0.05, 0.1) is 0 Å². The highest BCUT2D eigenvalue weighted by atomic mass is 35.5. The maximum absolute atomic E-state index is 12.3. The molecule has 0 aliphatic rings. The standard InChI is InChI=1S/C22H22ClN5O2/c1-14-12-17(23)6-7-20(14)28-22(30)26-13-19(24)15-2-4-16(5-3-15)21(29)27-18-8-10-25-11-9-18/h2-12,19H,13,24H2,1H3,(H,25,27,29)(H2,26,28,30). The van der Waals surface area contributed by atoms with Gasteiger partial charge in [-0.25, -0.2) is 4.79 Å². The maximum Gasteiger partial charge on any atom is 0.319 e. The van der Waals surface area contributed by atoms with Crippen LogP contribution in [0, 0.1) is 6.92 Å². The van der Waals surface area contributed by atoms with E-state index in [2.05, 4.69) is 20.9 Å². The van der Waals surface area contributed by atoms with E-state index in [4.69, 9.17) is 17.3 Å². The summed E-state index contributed by atoms with van der Waals surface area (Å²) in [4.78, 5) is 28.3. The zero-order valence-corrected chi connectivity index (χ0v) is 17.1. The number of aryl methyl sites for hydroxylation is 1. The zero-order chi connectivity index (χ0) is 21.5. The number of pyridine rings is 1. The Morgan fingerprint density at radius 2 is 1.73 bits per heavy atom. The van der Waals surface area contributed by atoms with Gasteiger partial charge in [-0.15, -0.1) is 0 Å². The highest BCUT2D eigenvalue weighted by Crippen LogP contribution is 2.19. The normalized spacial score (nSPS) is 11.4. The van der Waals surface area contributed by atoms with Crippen LogP contribution in [0.15, 0.2) is 67.0 Å². The second-order valence-electron chi connectivity index (χ2n) is 6.71. The van der Waals surface area contributed by atoms with Crippen LogP contribution in [0.4, 0.5) is 16.2 Å². The van der Waals surface area contributed by atoms with Gasteiger partial charge in [-0.2, -0.15) is 0 Å². The van der Waals surface area contributed by atoms with E-state index in [1.165, 1.54) is 0 Å². The third kappa shape index (κ3) is 5.79. The average Bonchev–Trinajstić information content (AvgIpc) is 2.75. The van der Waals surface area contributed by atoms with Gasteiger partial charge in [0.15, 0.2) is 0 Å². The number of rotatable bonds is 6. The van der Waals surface area contributed by atoms with Crippen LogP contribution in [0.3, 0.4) is 0 Å². The first-order valence-electron chi connectivity index (χ1n) is 9.30. The number of nitrogens with zero attached hydrogens (tertiary/aromatic N) is 1. The molecule has 3 amide bonds. The molecule has 1 heterocycles. The second-order valence-corrected chi connectivity index (χ2v) is 7.15. The number of nitrogens with one attached hydrogen (secondary N) is 3. The van der Waals surface area contributed by atoms with Crippen molar-refractivity contribution in [2.24, 2.45) is 5.73 Å². The topological polar surface area (TPSA) is 109 Å². The molecular formula is C22H22ClN5O2. The van der Waals surface area contributed by atoms with Crippen molar-refractivity contribution < 1.29 is 9.59 Å². The lowest BCUT2D eigenvalue weighted by molar-refractivity contribution is 0.102. The molecule has 1 unspecified atom stereocenters. The molecule has 0 radical (unpaired) electrons. The van der Waals surface area contributed by atoms with Crippen LogP contribution < -0.4 is 21.7 Å². The van der Waals surface area contributed by atoms with Crippen LogP contribution in [0.5, 0.6) is 0 Å². The maximum atomic E-state index is 12.3. The monoisotopic (exact) mass is 423 g/mol. The molecular weight excluding hydrogens is 402 g/mol. The Balaban J connectivity index is 1.52. The minimum Gasteiger partial charge on any atom is -0.336 e. The van der Waals surface area contributed by atoms with E-state index in [0.29, 0.717) is 22.0 Å². The molecule has 30 heavy (non-hydrogen) atoms. The van der Waals surface area contributed by atoms with Gasteiger partial charge in [0.25, 0.3) is 5.91 Å². The van der Waals surface area contributed by atoms with Gasteiger partial charge in [-0.05, 0) is 60.5 Å². The van der Waals surface area contributed by atoms with E-state index >= 15 is 0 Å². The average molecular weight is 424 g/mol. The lowest BCUT2D eigenvalue weighted by Gasteiger charge is -2.15. The second kappa shape index (κ2) is 9.87. The van der Waals surface area contributed by atoms with Crippen molar-refractivity contribution in [3.63, 3.8) is 0 Å². The summed E-state index contributed by atoms with van der Waals surface area (Å²) in [5.41, 5.74) is 9.69. The van der Waals surface area contributed by atoms with Gasteiger partial charge in [0.2, 0.25) is 0 Å². The summed E-state index contributed by atoms with van der Waals surface area (Å²) in [7, 11) is 0. The molecule has 3 rings (SSSR count). The van der Waals surface area contributed by atoms with Crippen molar-refractivity contribution in [2.45, 2.75) is 13.0 Å². The van der Waals surface area contributed by atoms with Gasteiger partial charge in [-0.3, -0.25) is 9.78 Å². The van der Waals surface area contributed by atoms with Crippen LogP contribution in [-0.2, 0) is 0 Å². The number of nitrogens with two attached hydrogens (primary N) is 1. The summed E-state index contributed by atoms with van der Waals surface area (Å²) in [6.45, 7) is 2.10. The summed E-state index contributed by atoms with van der Waals surface area (Å²) in [5, 5.41) is 8.92. The SMILES string of the molecule is Cc1cc(Cl)ccc1NC(=O)NCC(N)c1ccc(C(=O)Nc2ccncc2)cc1. The number of hydrogen-bond donors (Lipinski definition) is 4. The number of carbonyl (C=O) groups is 2. The van der Waals surface area contributed by atoms with Crippen LogP contribution in [0.2, 0.25) is 5.02 Å². The predicted octanol–water partition coefficient (Wildman–Crippen LogP) is 4.12. The summed E-state index contributed by atoms with van der Waals surface area (Å²) < 4.78 is 0. The van der Waals surface area contributed by atoms with E-state index in [1.807, 2.05) is 6.92 Å². The Hall–Kier alpha value is -3.42. The summed E-state index contributed by atoms with van der Waals surface area (Å²) in [5.74, 6) is -0.225. The smallest absolute Gasteiger partial charge is 0.319 e. The van der Waals surface area contributed by atoms with Crippen LogP contribution in [0.25, 0.3) is 0 Å². The quantitative estimate of drug-likeness (QED) is 0.478. The number of carbonyl (C=O) groups excluding carboxylic acids is 2. The minimum atomic E-state index is -0.417. The number of aromatic nitrogens is 1. The van der Waals surface area contributed by atoms with Gasteiger partial charge in [0, 0.05) is 46.9 Å². The van der Waals surface area contributed by atoms with Gasteiger partial charge in [0.1, 0.15) is 0 Å². The fourth-order valence-corrected chi connectivity index (χ4v) is 3.00. The van der Waals surface area contributed by atoms with E-state index in [1.54, 1.807) is 67.0 Å². The molecule has 5 N–H and O–H groups in total. The molecule has 8 heteroatoms. The van der Waals surface area contributed by atoms with E-state index in [0.717, 1.165) is 11.1 Å². The summed E-state index contributed by atoms with van der Waals surface area (Å²) in [6, 6.07) is 14.8. The number of urea groups is 1. The van der Waals surface area contributed by atoms with Crippen molar-refractivity contribution in [1.82, 2.24) is 10.3 Å². The van der Waals surface area contributed by atoms with Crippen molar-refractivity contribution in [2.75, 3.05) is 17.2 Å². The summed E-state index contributed by atoms with van der Waals surface area (Å²) in [6.07, 6.45) is 3.21. The number of hydrogen-bond acceptors (Lipinski definition) is 4. The Morgan fingerprint density at radius 3 is 2.40 bits per heavy atom. The lowest BCUT2D eigenvalue weighted by Crippen LogP contribution is -2.35. The number of anilines is 2. The van der Waals surface area contributed by atoms with Crippen LogP contribution in [-0.4, -0.2) is 23.5 Å². The molecule has 0 aliphatic carbocycles. The molecule has 0 saturated carbocycles. The number of halogens is 1. The predicted molar refractivity (Wildman–Crippen MR) is 119 cm³/mol. The van der Waals surface area contributed by atoms with Gasteiger partial charge in [-0.1, -0.05) is 23.7 Å². The van der Waals surface area contributed by atoms with Gasteiger partial charge >= 0.3 is 6.03 Å². The number of amides is 3. The lowest BCUT2D eigenvalue weighted by atomic mass is 10.1. The molecule has 0 aliphatic heterocycles. The largest absolute Gasteiger partial charge is 0.336 e. The third-order valence-corrected chi connectivity index (χ3v) is 4.69. The fraction of sp³-hybridized carbons (Fsp3) is 0.136. The zero-order valence-electron chi connectivity index (χ0n) is 16.4. The molecule has 0 saturated heterocycles. The van der Waals surface area contributed by atoms with Crippen molar-refractivity contribution in [1.29, 1.82) is 0 Å². The summed E-state index contributed by atoms with van der Waals surface area (Å²) >= 11 is 5.92. The van der Waals surface area contributed by atoms with Crippen molar-refractivity contribution >= 4 is 34.9 Å². The van der Waals surface area contributed by atoms with Crippen molar-refractivity contribution in [3.8, 4) is 0 Å². The first-order valence-corrected chi connectivity index (χ1v) is 9.68. The highest BCUT2D eigenvalue weighted by molar-refractivity contribution is 6.30. The Bertz CT molecular complexity index is 1030. The van der Waals surface area contributed by atoms with E-state index in [9.17, 15) is 9.59 Å². The van der Waals surface area contributed by atoms with E-state index in [-0.39, 0.29) is 18.5 Å². The highest BCUT2D eigenvalue weighted by Gasteiger charge is 2.11. The molecule has 1 atom stereocenters. The molecule has 0 bridgehead atoms. The molecule has 3 aromatic rings.